The van der Waals surface area contributed by atoms with Crippen LogP contribution >= 0.6 is 23.1 Å². The van der Waals surface area contributed by atoms with Gasteiger partial charge in [-0.2, -0.15) is 0 Å². The van der Waals surface area contributed by atoms with E-state index in [0.717, 1.165) is 32.3 Å². The molecule has 0 saturated carbocycles. The van der Waals surface area contributed by atoms with Crippen molar-refractivity contribution in [3.63, 3.8) is 0 Å². The van der Waals surface area contributed by atoms with Crippen LogP contribution in [0.4, 0.5) is 5.82 Å². The van der Waals surface area contributed by atoms with Crippen LogP contribution in [0.1, 0.15) is 12.5 Å². The largest absolute Gasteiger partial charge is 0.311 e. The summed E-state index contributed by atoms with van der Waals surface area (Å²) in [5, 5.41) is 3.73. The zero-order valence-corrected chi connectivity index (χ0v) is 18.6. The monoisotopic (exact) mass is 431 g/mol. The van der Waals surface area contributed by atoms with Crippen LogP contribution in [0.25, 0.3) is 32.3 Å². The first-order valence-corrected chi connectivity index (χ1v) is 11.5. The number of pyridine rings is 1. The van der Waals surface area contributed by atoms with E-state index < -0.39 is 0 Å². The lowest BCUT2D eigenvalue weighted by molar-refractivity contribution is -0.114. The quantitative estimate of drug-likeness (QED) is 0.365. The van der Waals surface area contributed by atoms with Crippen LogP contribution in [-0.2, 0) is 4.79 Å². The third kappa shape index (κ3) is 4.45. The van der Waals surface area contributed by atoms with Crippen LogP contribution in [0.5, 0.6) is 0 Å². The minimum atomic E-state index is -0.141. The van der Waals surface area contributed by atoms with Crippen molar-refractivity contribution in [2.75, 3.05) is 11.6 Å². The minimum absolute atomic E-state index is 0.141. The van der Waals surface area contributed by atoms with Crippen molar-refractivity contribution in [3.05, 3.63) is 72.4 Å². The molecule has 0 fully saturated rings. The number of aryl methyl sites for hydroxylation is 1. The zero-order chi connectivity index (χ0) is 21.1. The molecule has 2 aromatic heterocycles. The van der Waals surface area contributed by atoms with Crippen LogP contribution < -0.4 is 5.32 Å². The van der Waals surface area contributed by atoms with Crippen LogP contribution in [0.15, 0.2) is 71.8 Å². The van der Waals surface area contributed by atoms with E-state index in [2.05, 4.69) is 72.0 Å². The summed E-state index contributed by atoms with van der Waals surface area (Å²) in [7, 11) is 0. The molecule has 0 aliphatic rings. The van der Waals surface area contributed by atoms with Crippen molar-refractivity contribution in [3.8, 4) is 32.3 Å². The third-order valence-corrected chi connectivity index (χ3v) is 6.48. The predicted molar refractivity (Wildman–Crippen MR) is 127 cm³/mol. The fourth-order valence-electron chi connectivity index (χ4n) is 3.18. The number of benzene rings is 2. The maximum absolute atomic E-state index is 11.5. The molecular formula is C24H21N3OS2. The van der Waals surface area contributed by atoms with Gasteiger partial charge in [0.15, 0.2) is 0 Å². The number of nitrogens with one attached hydrogen (secondary N) is 1. The predicted octanol–water partition coefficient (Wildman–Crippen LogP) is 6.53. The Hall–Kier alpha value is -2.96. The number of nitrogens with zero attached hydrogens (tertiary/aromatic N) is 2. The van der Waals surface area contributed by atoms with Crippen LogP contribution in [0, 0.1) is 6.92 Å². The van der Waals surface area contributed by atoms with E-state index in [1.165, 1.54) is 17.4 Å². The Morgan fingerprint density at radius 2 is 1.80 bits per heavy atom. The van der Waals surface area contributed by atoms with Gasteiger partial charge in [0.2, 0.25) is 5.91 Å². The number of hydrogen-bond donors (Lipinski definition) is 1. The molecule has 0 bridgehead atoms. The van der Waals surface area contributed by atoms with Gasteiger partial charge in [-0.15, -0.1) is 23.1 Å². The van der Waals surface area contributed by atoms with Gasteiger partial charge in [0.05, 0.1) is 10.6 Å². The van der Waals surface area contributed by atoms with E-state index in [0.29, 0.717) is 5.82 Å². The number of thioether (sulfide) groups is 1. The first-order valence-electron chi connectivity index (χ1n) is 9.50. The highest BCUT2D eigenvalue weighted by molar-refractivity contribution is 7.98. The molecule has 4 aromatic rings. The Balaban J connectivity index is 1.85. The van der Waals surface area contributed by atoms with E-state index in [1.54, 1.807) is 29.3 Å². The smallest absolute Gasteiger partial charge is 0.222 e. The van der Waals surface area contributed by atoms with E-state index in [4.69, 9.17) is 4.98 Å². The number of aromatic nitrogens is 2. The zero-order valence-electron chi connectivity index (χ0n) is 17.0. The van der Waals surface area contributed by atoms with Crippen molar-refractivity contribution >= 4 is 34.8 Å². The summed E-state index contributed by atoms with van der Waals surface area (Å²) >= 11 is 3.37. The second kappa shape index (κ2) is 8.81. The molecule has 1 N–H and O–H groups in total. The Labute approximate surface area is 184 Å². The first kappa shape index (κ1) is 20.3. The molecule has 4 nitrogen and oxygen atoms in total. The average molecular weight is 432 g/mol. The Morgan fingerprint density at radius 1 is 1.00 bits per heavy atom. The summed E-state index contributed by atoms with van der Waals surface area (Å²) in [4.78, 5) is 23.0. The lowest BCUT2D eigenvalue weighted by Crippen LogP contribution is -2.07. The van der Waals surface area contributed by atoms with Crippen molar-refractivity contribution < 1.29 is 4.79 Å². The summed E-state index contributed by atoms with van der Waals surface area (Å²) in [6, 6.07) is 20.7. The number of carbonyl (C=O) groups excluding carboxylic acids is 1. The van der Waals surface area contributed by atoms with Crippen LogP contribution in [0.3, 0.4) is 0 Å². The number of hydrogen-bond acceptors (Lipinski definition) is 5. The first-order chi connectivity index (χ1) is 14.5. The van der Waals surface area contributed by atoms with Crippen LogP contribution in [-0.4, -0.2) is 22.1 Å². The van der Waals surface area contributed by atoms with Gasteiger partial charge < -0.3 is 5.32 Å². The SMILES string of the molecule is CSc1ccc(-c2nc(-c3cccc(C)c3)c(-c3ccnc(NC(C)=O)c3)s2)cc1. The molecule has 0 aliphatic heterocycles. The van der Waals surface area contributed by atoms with Crippen molar-refractivity contribution in [1.82, 2.24) is 9.97 Å². The van der Waals surface area contributed by atoms with E-state index in [-0.39, 0.29) is 5.91 Å². The molecule has 1 amide bonds. The van der Waals surface area contributed by atoms with E-state index >= 15 is 0 Å². The Bertz CT molecular complexity index is 1200. The lowest BCUT2D eigenvalue weighted by atomic mass is 10.1. The van der Waals surface area contributed by atoms with Gasteiger partial charge >= 0.3 is 0 Å². The normalized spacial score (nSPS) is 10.8. The average Bonchev–Trinajstić information content (AvgIpc) is 3.19. The second-order valence-corrected chi connectivity index (χ2v) is 8.78. The highest BCUT2D eigenvalue weighted by Crippen LogP contribution is 2.41. The van der Waals surface area contributed by atoms with Crippen molar-refractivity contribution in [2.45, 2.75) is 18.7 Å². The number of rotatable bonds is 5. The van der Waals surface area contributed by atoms with Gasteiger partial charge in [0, 0.05) is 29.1 Å². The third-order valence-electron chi connectivity index (χ3n) is 4.58. The molecule has 2 aromatic carbocycles. The molecule has 0 spiro atoms. The number of thiazole rings is 1. The fraction of sp³-hybridized carbons (Fsp3) is 0.125. The molecule has 0 unspecified atom stereocenters. The molecule has 0 atom stereocenters. The minimum Gasteiger partial charge on any atom is -0.311 e. The molecule has 0 radical (unpaired) electrons. The summed E-state index contributed by atoms with van der Waals surface area (Å²) in [5.74, 6) is 0.395. The second-order valence-electron chi connectivity index (χ2n) is 6.91. The topological polar surface area (TPSA) is 54.9 Å². The molecule has 150 valence electrons. The molecule has 0 aliphatic carbocycles. The molecule has 6 heteroatoms. The summed E-state index contributed by atoms with van der Waals surface area (Å²) < 4.78 is 0. The lowest BCUT2D eigenvalue weighted by Gasteiger charge is -2.06. The Kier molecular flexibility index (Phi) is 5.97. The van der Waals surface area contributed by atoms with Crippen molar-refractivity contribution in [2.24, 2.45) is 0 Å². The molecule has 30 heavy (non-hydrogen) atoms. The number of carbonyl (C=O) groups is 1. The van der Waals surface area contributed by atoms with Gasteiger partial charge in [-0.3, -0.25) is 4.79 Å². The molecule has 0 saturated heterocycles. The number of anilines is 1. The standard InChI is InChI=1S/C24H21N3OS2/c1-15-5-4-6-18(13-15)22-23(19-11-12-25-21(14-19)26-16(2)28)30-24(27-22)17-7-9-20(29-3)10-8-17/h4-14H,1-3H3,(H,25,26,28). The maximum Gasteiger partial charge on any atom is 0.222 e. The van der Waals surface area contributed by atoms with Gasteiger partial charge in [-0.1, -0.05) is 35.9 Å². The van der Waals surface area contributed by atoms with Crippen molar-refractivity contribution in [1.29, 1.82) is 0 Å². The molecular weight excluding hydrogens is 410 g/mol. The highest BCUT2D eigenvalue weighted by atomic mass is 32.2. The van der Waals surface area contributed by atoms with Crippen LogP contribution in [0.2, 0.25) is 0 Å². The number of amides is 1. The molecule has 4 rings (SSSR count). The molecule has 2 heterocycles. The van der Waals surface area contributed by atoms with Gasteiger partial charge in [0.1, 0.15) is 10.8 Å². The summed E-state index contributed by atoms with van der Waals surface area (Å²) in [6.07, 6.45) is 3.79. The summed E-state index contributed by atoms with van der Waals surface area (Å²) in [6.45, 7) is 3.56. The van der Waals surface area contributed by atoms with Gasteiger partial charge in [-0.25, -0.2) is 9.97 Å². The maximum atomic E-state index is 11.5. The fourth-order valence-corrected chi connectivity index (χ4v) is 4.68. The van der Waals surface area contributed by atoms with Gasteiger partial charge in [0.25, 0.3) is 0 Å². The van der Waals surface area contributed by atoms with E-state index in [1.807, 2.05) is 12.1 Å². The Morgan fingerprint density at radius 3 is 2.50 bits per heavy atom. The van der Waals surface area contributed by atoms with E-state index in [9.17, 15) is 4.79 Å². The van der Waals surface area contributed by atoms with Gasteiger partial charge in [-0.05, 0) is 49.1 Å². The highest BCUT2D eigenvalue weighted by Gasteiger charge is 2.17. The summed E-state index contributed by atoms with van der Waals surface area (Å²) in [5.41, 5.74) is 5.27.